The lowest BCUT2D eigenvalue weighted by atomic mass is 10.1. The highest BCUT2D eigenvalue weighted by molar-refractivity contribution is 7.89. The summed E-state index contributed by atoms with van der Waals surface area (Å²) in [4.78, 5) is 0.148. The molecule has 0 amide bonds. The Morgan fingerprint density at radius 2 is 2.10 bits per heavy atom. The first kappa shape index (κ1) is 14.8. The Morgan fingerprint density at radius 1 is 1.30 bits per heavy atom. The lowest BCUT2D eigenvalue weighted by Crippen LogP contribution is -2.26. The summed E-state index contributed by atoms with van der Waals surface area (Å²) in [6.07, 6.45) is 1.34. The van der Waals surface area contributed by atoms with Gasteiger partial charge < -0.3 is 9.52 Å². The van der Waals surface area contributed by atoms with Crippen molar-refractivity contribution in [3.8, 4) is 0 Å². The van der Waals surface area contributed by atoms with Crippen molar-refractivity contribution >= 4 is 10.0 Å². The fraction of sp³-hybridized carbons (Fsp3) is 0.286. The summed E-state index contributed by atoms with van der Waals surface area (Å²) in [6, 6.07) is 9.83. The van der Waals surface area contributed by atoms with Crippen molar-refractivity contribution in [1.82, 2.24) is 4.72 Å². The number of aliphatic hydroxyl groups excluding tert-OH is 1. The van der Waals surface area contributed by atoms with Gasteiger partial charge in [0.25, 0.3) is 0 Å². The Bertz CT molecular complexity index is 648. The van der Waals surface area contributed by atoms with E-state index in [-0.39, 0.29) is 11.4 Å². The zero-order valence-electron chi connectivity index (χ0n) is 11.1. The molecule has 1 aromatic heterocycles. The van der Waals surface area contributed by atoms with Gasteiger partial charge in [0.15, 0.2) is 0 Å². The van der Waals surface area contributed by atoms with Crippen LogP contribution in [0, 0.1) is 0 Å². The minimum absolute atomic E-state index is 0.148. The number of sulfonamides is 1. The van der Waals surface area contributed by atoms with E-state index in [0.717, 1.165) is 5.76 Å². The van der Waals surface area contributed by atoms with Crippen molar-refractivity contribution in [2.75, 3.05) is 6.54 Å². The first-order valence-electron chi connectivity index (χ1n) is 6.29. The summed E-state index contributed by atoms with van der Waals surface area (Å²) in [5, 5.41) is 9.49. The second-order valence-corrected chi connectivity index (χ2v) is 6.24. The Labute approximate surface area is 118 Å². The second-order valence-electron chi connectivity index (χ2n) is 4.48. The molecule has 108 valence electrons. The maximum Gasteiger partial charge on any atom is 0.240 e. The minimum atomic E-state index is -3.57. The molecule has 1 aromatic carbocycles. The fourth-order valence-corrected chi connectivity index (χ4v) is 2.87. The minimum Gasteiger partial charge on any atom is -0.469 e. The van der Waals surface area contributed by atoms with Crippen LogP contribution in [0.5, 0.6) is 0 Å². The highest BCUT2D eigenvalue weighted by Crippen LogP contribution is 2.17. The van der Waals surface area contributed by atoms with E-state index in [9.17, 15) is 13.5 Å². The highest BCUT2D eigenvalue weighted by Gasteiger charge is 2.15. The smallest absolute Gasteiger partial charge is 0.240 e. The van der Waals surface area contributed by atoms with Crippen molar-refractivity contribution in [1.29, 1.82) is 0 Å². The monoisotopic (exact) mass is 295 g/mol. The maximum absolute atomic E-state index is 12.1. The molecule has 0 aliphatic rings. The largest absolute Gasteiger partial charge is 0.469 e. The maximum atomic E-state index is 12.1. The van der Waals surface area contributed by atoms with E-state index in [0.29, 0.717) is 12.0 Å². The van der Waals surface area contributed by atoms with Crippen molar-refractivity contribution in [3.63, 3.8) is 0 Å². The molecule has 0 bridgehead atoms. The number of benzene rings is 1. The number of hydrogen-bond donors (Lipinski definition) is 2. The van der Waals surface area contributed by atoms with Crippen LogP contribution < -0.4 is 4.72 Å². The Kier molecular flexibility index (Phi) is 4.59. The van der Waals surface area contributed by atoms with Crippen LogP contribution in [0.15, 0.2) is 52.0 Å². The van der Waals surface area contributed by atoms with Gasteiger partial charge in [0.1, 0.15) is 5.76 Å². The predicted octanol–water partition coefficient (Wildman–Crippen LogP) is 1.85. The third-order valence-electron chi connectivity index (χ3n) is 2.89. The number of nitrogens with one attached hydrogen (secondary N) is 1. The van der Waals surface area contributed by atoms with E-state index < -0.39 is 16.1 Å². The normalized spacial score (nSPS) is 13.3. The summed E-state index contributed by atoms with van der Waals surface area (Å²) in [5.41, 5.74) is 0.568. The number of aliphatic hydroxyl groups is 1. The van der Waals surface area contributed by atoms with Crippen molar-refractivity contribution in [2.24, 2.45) is 0 Å². The summed E-state index contributed by atoms with van der Waals surface area (Å²) in [6.45, 7) is 1.85. The molecular weight excluding hydrogens is 278 g/mol. The van der Waals surface area contributed by atoms with E-state index in [2.05, 4.69) is 4.72 Å². The summed E-state index contributed by atoms with van der Waals surface area (Å²) in [7, 11) is -3.57. The van der Waals surface area contributed by atoms with Crippen LogP contribution >= 0.6 is 0 Å². The van der Waals surface area contributed by atoms with Crippen LogP contribution in [0.2, 0.25) is 0 Å². The van der Waals surface area contributed by atoms with Crippen LogP contribution in [0.3, 0.4) is 0 Å². The molecular formula is C14H17NO4S. The standard InChI is InChI=1S/C14H17NO4S/c1-11(16)12-4-2-6-14(10-12)20(17,18)15-8-7-13-5-3-9-19-13/h2-6,9-11,15-16H,7-8H2,1H3. The molecule has 0 spiro atoms. The van der Waals surface area contributed by atoms with Crippen LogP contribution in [0.4, 0.5) is 0 Å². The molecule has 1 unspecified atom stereocenters. The van der Waals surface area contributed by atoms with Gasteiger partial charge in [-0.1, -0.05) is 12.1 Å². The van der Waals surface area contributed by atoms with Gasteiger partial charge in [-0.05, 0) is 36.8 Å². The third-order valence-corrected chi connectivity index (χ3v) is 4.35. The molecule has 0 radical (unpaired) electrons. The Hall–Kier alpha value is -1.63. The van der Waals surface area contributed by atoms with Crippen LogP contribution in [-0.2, 0) is 16.4 Å². The van der Waals surface area contributed by atoms with Crippen molar-refractivity contribution < 1.29 is 17.9 Å². The molecule has 1 heterocycles. The summed E-state index contributed by atoms with van der Waals surface area (Å²) in [5.74, 6) is 0.727. The SMILES string of the molecule is CC(O)c1cccc(S(=O)(=O)NCCc2ccco2)c1. The molecule has 2 rings (SSSR count). The lowest BCUT2D eigenvalue weighted by molar-refractivity contribution is 0.199. The average Bonchev–Trinajstić information content (AvgIpc) is 2.92. The van der Waals surface area contributed by atoms with E-state index in [1.807, 2.05) is 0 Å². The molecule has 1 atom stereocenters. The van der Waals surface area contributed by atoms with E-state index in [4.69, 9.17) is 4.42 Å². The number of rotatable bonds is 6. The van der Waals surface area contributed by atoms with Gasteiger partial charge in [0.05, 0.1) is 17.3 Å². The third kappa shape index (κ3) is 3.69. The van der Waals surface area contributed by atoms with Crippen LogP contribution in [0.1, 0.15) is 24.4 Å². The van der Waals surface area contributed by atoms with Gasteiger partial charge >= 0.3 is 0 Å². The average molecular weight is 295 g/mol. The van der Waals surface area contributed by atoms with Gasteiger partial charge in [-0.15, -0.1) is 0 Å². The number of hydrogen-bond acceptors (Lipinski definition) is 4. The molecule has 2 N–H and O–H groups in total. The number of furan rings is 1. The highest BCUT2D eigenvalue weighted by atomic mass is 32.2. The van der Waals surface area contributed by atoms with Gasteiger partial charge in [0.2, 0.25) is 10.0 Å². The first-order valence-corrected chi connectivity index (χ1v) is 7.77. The first-order chi connectivity index (χ1) is 9.49. The molecule has 0 fully saturated rings. The topological polar surface area (TPSA) is 79.5 Å². The van der Waals surface area contributed by atoms with Crippen LogP contribution in [0.25, 0.3) is 0 Å². The quantitative estimate of drug-likeness (QED) is 0.852. The molecule has 6 heteroatoms. The summed E-state index contributed by atoms with van der Waals surface area (Å²) >= 11 is 0. The van der Waals surface area contributed by atoms with E-state index in [1.54, 1.807) is 37.5 Å². The van der Waals surface area contributed by atoms with Gasteiger partial charge in [-0.3, -0.25) is 0 Å². The molecule has 0 aliphatic carbocycles. The van der Waals surface area contributed by atoms with Gasteiger partial charge in [-0.2, -0.15) is 0 Å². The molecule has 5 nitrogen and oxygen atoms in total. The van der Waals surface area contributed by atoms with Crippen molar-refractivity contribution in [2.45, 2.75) is 24.3 Å². The Morgan fingerprint density at radius 3 is 2.75 bits per heavy atom. The Balaban J connectivity index is 2.04. The molecule has 20 heavy (non-hydrogen) atoms. The fourth-order valence-electron chi connectivity index (χ4n) is 1.79. The van der Waals surface area contributed by atoms with Gasteiger partial charge in [0, 0.05) is 13.0 Å². The summed E-state index contributed by atoms with van der Waals surface area (Å²) < 4.78 is 31.9. The zero-order valence-corrected chi connectivity index (χ0v) is 11.9. The molecule has 2 aromatic rings. The van der Waals surface area contributed by atoms with Gasteiger partial charge in [-0.25, -0.2) is 13.1 Å². The predicted molar refractivity (Wildman–Crippen MR) is 74.7 cm³/mol. The lowest BCUT2D eigenvalue weighted by Gasteiger charge is -2.09. The molecule has 0 saturated heterocycles. The van der Waals surface area contributed by atoms with Crippen molar-refractivity contribution in [3.05, 3.63) is 54.0 Å². The van der Waals surface area contributed by atoms with Crippen LogP contribution in [-0.4, -0.2) is 20.1 Å². The van der Waals surface area contributed by atoms with E-state index in [1.165, 1.54) is 12.1 Å². The molecule has 0 aliphatic heterocycles. The zero-order chi connectivity index (χ0) is 14.6. The molecule has 0 saturated carbocycles. The van der Waals surface area contributed by atoms with E-state index >= 15 is 0 Å². The second kappa shape index (κ2) is 6.21.